The Hall–Kier alpha value is -7.46. The molecule has 0 bridgehead atoms. The van der Waals surface area contributed by atoms with Crippen molar-refractivity contribution in [3.8, 4) is 23.6 Å². The molecule has 0 saturated carbocycles. The lowest BCUT2D eigenvalue weighted by atomic mass is 9.99. The summed E-state index contributed by atoms with van der Waals surface area (Å²) in [7, 11) is 0. The normalized spacial score (nSPS) is 10.9. The number of phenolic OH excluding ortho intramolecular Hbond substituents is 2. The number of carboxylic acid groups (broad SMARTS) is 2. The number of nitrogens with zero attached hydrogens (tertiary/aromatic N) is 2. The van der Waals surface area contributed by atoms with Gasteiger partial charge in [-0.1, -0.05) is 84.9 Å². The predicted octanol–water partition coefficient (Wildman–Crippen LogP) is 9.11. The summed E-state index contributed by atoms with van der Waals surface area (Å²) < 4.78 is 101. The van der Waals surface area contributed by atoms with Gasteiger partial charge in [-0.25, -0.2) is 27.2 Å². The molecule has 0 aliphatic rings. The molecule has 0 unspecified atom stereocenters. The van der Waals surface area contributed by atoms with E-state index in [1.165, 1.54) is 0 Å². The highest BCUT2D eigenvalue weighted by molar-refractivity contribution is 5.92. The molecule has 0 aliphatic carbocycles. The van der Waals surface area contributed by atoms with Gasteiger partial charge in [-0.2, -0.15) is 28.1 Å². The molecule has 54 heavy (non-hydrogen) atoms. The van der Waals surface area contributed by atoms with Gasteiger partial charge >= 0.3 is 11.9 Å². The Bertz CT molecular complexity index is 2130. The summed E-state index contributed by atoms with van der Waals surface area (Å²) in [6.45, 7) is 0. The first-order chi connectivity index (χ1) is 25.5. The summed E-state index contributed by atoms with van der Waals surface area (Å²) in [5.41, 5.74) is 1.25. The van der Waals surface area contributed by atoms with E-state index >= 15 is 0 Å². The zero-order valence-corrected chi connectivity index (χ0v) is 26.8. The Kier molecular flexibility index (Phi) is 13.8. The monoisotopic (exact) mass is 752 g/mol. The molecule has 0 amide bonds. The number of carboxylic acids is 2. The Balaban J connectivity index is 0.000000238. The molecular formula is C38H20F8N2O6. The number of hydrogen-bond acceptors (Lipinski definition) is 6. The number of benzene rings is 5. The number of halogens is 8. The van der Waals surface area contributed by atoms with E-state index in [4.69, 9.17) is 20.4 Å². The topological polar surface area (TPSA) is 163 Å². The molecule has 274 valence electrons. The number of aromatic hydroxyl groups is 2. The van der Waals surface area contributed by atoms with Crippen molar-refractivity contribution in [2.24, 2.45) is 0 Å². The van der Waals surface area contributed by atoms with E-state index in [1.807, 2.05) is 97.1 Å². The molecule has 0 fully saturated rings. The lowest BCUT2D eigenvalue weighted by Crippen LogP contribution is -2.09. The van der Waals surface area contributed by atoms with Gasteiger partial charge in [-0.05, 0) is 34.4 Å². The maximum absolute atomic E-state index is 12.6. The molecule has 0 radical (unpaired) electrons. The summed E-state index contributed by atoms with van der Waals surface area (Å²) in [5, 5.41) is 52.2. The zero-order valence-electron chi connectivity index (χ0n) is 26.8. The van der Waals surface area contributed by atoms with Crippen molar-refractivity contribution in [2.75, 3.05) is 0 Å². The fourth-order valence-electron chi connectivity index (χ4n) is 4.24. The molecule has 8 nitrogen and oxygen atoms in total. The SMILES string of the molecule is N#C/C(=C\c1ccccc1)c1ccc(/C(C#N)=C/c2ccccc2)cc1.O=C(O)c1c(F)c(F)c(O)c(F)c1F.O=C(O)c1c(F)c(F)c(O)c(F)c1F. The van der Waals surface area contributed by atoms with Gasteiger partial charge in [0.15, 0.2) is 34.8 Å². The summed E-state index contributed by atoms with van der Waals surface area (Å²) in [4.78, 5) is 20.3. The van der Waals surface area contributed by atoms with E-state index in [0.717, 1.165) is 22.3 Å². The largest absolute Gasteiger partial charge is 0.503 e. The lowest BCUT2D eigenvalue weighted by molar-refractivity contribution is 0.0671. The van der Waals surface area contributed by atoms with Crippen molar-refractivity contribution in [3.63, 3.8) is 0 Å². The van der Waals surface area contributed by atoms with E-state index in [-0.39, 0.29) is 0 Å². The highest BCUT2D eigenvalue weighted by Gasteiger charge is 2.30. The van der Waals surface area contributed by atoms with Gasteiger partial charge < -0.3 is 20.4 Å². The molecule has 4 N–H and O–H groups in total. The second-order valence-electron chi connectivity index (χ2n) is 10.3. The molecule has 0 aliphatic heterocycles. The molecule has 5 aromatic rings. The highest BCUT2D eigenvalue weighted by Crippen LogP contribution is 2.30. The maximum atomic E-state index is 12.6. The first-order valence-corrected chi connectivity index (χ1v) is 14.6. The van der Waals surface area contributed by atoms with E-state index < -0.39 is 81.1 Å². The first-order valence-electron chi connectivity index (χ1n) is 14.6. The second-order valence-corrected chi connectivity index (χ2v) is 10.3. The molecule has 0 atom stereocenters. The van der Waals surface area contributed by atoms with Gasteiger partial charge in [0.1, 0.15) is 11.1 Å². The first kappa shape index (κ1) is 41.0. The summed E-state index contributed by atoms with van der Waals surface area (Å²) in [6.07, 6.45) is 3.72. The maximum Gasteiger partial charge on any atom is 0.341 e. The number of nitriles is 2. The minimum absolute atomic E-state index is 0.591. The van der Waals surface area contributed by atoms with Crippen molar-refractivity contribution in [1.82, 2.24) is 0 Å². The minimum Gasteiger partial charge on any atom is -0.503 e. The quantitative estimate of drug-likeness (QED) is 0.0578. The van der Waals surface area contributed by atoms with E-state index in [1.54, 1.807) is 0 Å². The molecule has 5 rings (SSSR count). The smallest absolute Gasteiger partial charge is 0.341 e. The fraction of sp³-hybridized carbons (Fsp3) is 0. The third-order valence-corrected chi connectivity index (χ3v) is 6.88. The predicted molar refractivity (Wildman–Crippen MR) is 176 cm³/mol. The van der Waals surface area contributed by atoms with Crippen molar-refractivity contribution >= 4 is 35.2 Å². The lowest BCUT2D eigenvalue weighted by Gasteiger charge is -2.04. The average molecular weight is 753 g/mol. The number of rotatable bonds is 6. The van der Waals surface area contributed by atoms with Crippen LogP contribution in [0.1, 0.15) is 43.0 Å². The van der Waals surface area contributed by atoms with Crippen LogP contribution in [0.4, 0.5) is 35.1 Å². The van der Waals surface area contributed by atoms with Gasteiger partial charge in [0.2, 0.25) is 23.3 Å². The molecule has 0 aromatic heterocycles. The number of carbonyl (C=O) groups is 2. The van der Waals surface area contributed by atoms with E-state index in [2.05, 4.69) is 12.1 Å². The molecule has 0 heterocycles. The summed E-state index contributed by atoms with van der Waals surface area (Å²) in [6, 6.07) is 31.5. The average Bonchev–Trinajstić information content (AvgIpc) is 3.17. The van der Waals surface area contributed by atoms with Crippen LogP contribution >= 0.6 is 0 Å². The Morgan fingerprint density at radius 2 is 0.722 bits per heavy atom. The molecular weight excluding hydrogens is 732 g/mol. The summed E-state index contributed by atoms with van der Waals surface area (Å²) in [5.74, 6) is -25.2. The van der Waals surface area contributed by atoms with Crippen LogP contribution in [0.2, 0.25) is 0 Å². The van der Waals surface area contributed by atoms with Crippen LogP contribution in [0.15, 0.2) is 84.9 Å². The van der Waals surface area contributed by atoms with Crippen LogP contribution in [0.3, 0.4) is 0 Å². The number of aromatic carboxylic acids is 2. The van der Waals surface area contributed by atoms with Gasteiger partial charge in [-0.3, -0.25) is 0 Å². The Morgan fingerprint density at radius 3 is 0.944 bits per heavy atom. The molecule has 5 aromatic carbocycles. The van der Waals surface area contributed by atoms with Crippen LogP contribution in [-0.4, -0.2) is 32.4 Å². The van der Waals surface area contributed by atoms with Gasteiger partial charge in [0.25, 0.3) is 0 Å². The number of allylic oxidation sites excluding steroid dienone is 2. The Labute approximate surface area is 299 Å². The van der Waals surface area contributed by atoms with E-state index in [9.17, 15) is 55.2 Å². The van der Waals surface area contributed by atoms with E-state index in [0.29, 0.717) is 11.1 Å². The number of phenols is 2. The standard InChI is InChI=1S/C24H16N2.2C7H2F4O3/c25-17-23(15-19-7-3-1-4-8-19)21-11-13-22(14-12-21)24(18-26)16-20-9-5-2-6-10-20;2*8-2-1(7(13)14)3(9)5(11)6(12)4(2)10/h1-16H;2*12H,(H,13,14)/b23-15+,24-16+;;. The third-order valence-electron chi connectivity index (χ3n) is 6.88. The van der Waals surface area contributed by atoms with Crippen molar-refractivity contribution in [3.05, 3.63) is 165 Å². The van der Waals surface area contributed by atoms with Gasteiger partial charge in [-0.15, -0.1) is 0 Å². The third kappa shape index (κ3) is 9.45. The zero-order chi connectivity index (χ0) is 40.3. The highest BCUT2D eigenvalue weighted by atomic mass is 19.2. The van der Waals surface area contributed by atoms with Crippen LogP contribution in [0.25, 0.3) is 23.3 Å². The van der Waals surface area contributed by atoms with Gasteiger partial charge in [0.05, 0.1) is 23.3 Å². The molecule has 0 saturated heterocycles. The fourth-order valence-corrected chi connectivity index (χ4v) is 4.24. The van der Waals surface area contributed by atoms with Gasteiger partial charge in [0, 0.05) is 0 Å². The second kappa shape index (κ2) is 18.2. The summed E-state index contributed by atoms with van der Waals surface area (Å²) >= 11 is 0. The van der Waals surface area contributed by atoms with Crippen LogP contribution in [0.5, 0.6) is 11.5 Å². The van der Waals surface area contributed by atoms with Crippen molar-refractivity contribution in [2.45, 2.75) is 0 Å². The molecule has 16 heteroatoms. The van der Waals surface area contributed by atoms with Crippen molar-refractivity contribution in [1.29, 1.82) is 10.5 Å². The minimum atomic E-state index is -2.17. The van der Waals surface area contributed by atoms with Crippen LogP contribution < -0.4 is 0 Å². The van der Waals surface area contributed by atoms with Crippen molar-refractivity contribution < 1.29 is 65.1 Å². The van der Waals surface area contributed by atoms with Crippen LogP contribution in [0, 0.1) is 69.2 Å². The molecule has 0 spiro atoms. The number of hydrogen-bond donors (Lipinski definition) is 4. The Morgan fingerprint density at radius 1 is 0.463 bits per heavy atom. The van der Waals surface area contributed by atoms with Crippen LogP contribution in [-0.2, 0) is 0 Å².